The van der Waals surface area contributed by atoms with Crippen LogP contribution in [0.25, 0.3) is 0 Å². The zero-order valence-electron chi connectivity index (χ0n) is 9.31. The van der Waals surface area contributed by atoms with Gasteiger partial charge in [-0.25, -0.2) is 0 Å². The van der Waals surface area contributed by atoms with Crippen LogP contribution in [-0.4, -0.2) is 25.0 Å². The van der Waals surface area contributed by atoms with Gasteiger partial charge in [-0.3, -0.25) is 9.59 Å². The summed E-state index contributed by atoms with van der Waals surface area (Å²) < 4.78 is 4.60. The number of hydrogen-bond donors (Lipinski definition) is 1. The minimum atomic E-state index is -0.538. The number of carbonyl (C=O) groups is 2. The molecule has 0 heterocycles. The Bertz CT molecular complexity index is 420. The van der Waals surface area contributed by atoms with Crippen LogP contribution in [0, 0.1) is 12.3 Å². The predicted molar refractivity (Wildman–Crippen MR) is 62.9 cm³/mol. The van der Waals surface area contributed by atoms with Crippen LogP contribution in [0.2, 0.25) is 0 Å². The summed E-state index contributed by atoms with van der Waals surface area (Å²) in [6.07, 6.45) is 5.16. The smallest absolute Gasteiger partial charge is 0.326 e. The summed E-state index contributed by atoms with van der Waals surface area (Å²) in [7, 11) is 0. The van der Waals surface area contributed by atoms with Crippen molar-refractivity contribution in [3.63, 3.8) is 0 Å². The van der Waals surface area contributed by atoms with Gasteiger partial charge in [0.1, 0.15) is 6.54 Å². The van der Waals surface area contributed by atoms with Crippen LogP contribution in [0.15, 0.2) is 30.3 Å². The van der Waals surface area contributed by atoms with Gasteiger partial charge < -0.3 is 10.1 Å². The van der Waals surface area contributed by atoms with E-state index < -0.39 is 5.97 Å². The molecule has 1 aromatic carbocycles. The van der Waals surface area contributed by atoms with Gasteiger partial charge in [-0.05, 0) is 5.56 Å². The highest BCUT2D eigenvalue weighted by molar-refractivity contribution is 5.83. The molecule has 88 valence electrons. The van der Waals surface area contributed by atoms with E-state index in [0.717, 1.165) is 5.56 Å². The Hall–Kier alpha value is -2.28. The molecule has 0 bridgehead atoms. The van der Waals surface area contributed by atoms with Crippen LogP contribution in [-0.2, 0) is 20.7 Å². The lowest BCUT2D eigenvalue weighted by molar-refractivity contribution is -0.142. The quantitative estimate of drug-likeness (QED) is 0.594. The largest absolute Gasteiger partial charge is 0.451 e. The second-order valence-electron chi connectivity index (χ2n) is 3.30. The molecule has 0 atom stereocenters. The zero-order valence-corrected chi connectivity index (χ0v) is 9.31. The molecule has 0 spiro atoms. The minimum Gasteiger partial charge on any atom is -0.451 e. The van der Waals surface area contributed by atoms with Crippen molar-refractivity contribution in [3.8, 4) is 12.3 Å². The fourth-order valence-corrected chi connectivity index (χ4v) is 1.19. The van der Waals surface area contributed by atoms with Crippen molar-refractivity contribution >= 4 is 11.9 Å². The first kappa shape index (κ1) is 12.8. The third-order valence-electron chi connectivity index (χ3n) is 1.95. The molecule has 0 aliphatic carbocycles. The molecule has 0 radical (unpaired) electrons. The number of rotatable bonds is 5. The molecule has 1 N–H and O–H groups in total. The van der Waals surface area contributed by atoms with Crippen molar-refractivity contribution in [1.29, 1.82) is 0 Å². The summed E-state index contributed by atoms with van der Waals surface area (Å²) in [4.78, 5) is 22.5. The van der Waals surface area contributed by atoms with Crippen molar-refractivity contribution in [2.45, 2.75) is 6.42 Å². The normalized spacial score (nSPS) is 9.12. The second-order valence-corrected chi connectivity index (χ2v) is 3.30. The van der Waals surface area contributed by atoms with E-state index in [0.29, 0.717) is 0 Å². The fraction of sp³-hybridized carbons (Fsp3) is 0.231. The van der Waals surface area contributed by atoms with E-state index in [9.17, 15) is 9.59 Å². The van der Waals surface area contributed by atoms with E-state index in [1.54, 1.807) is 0 Å². The molecular weight excluding hydrogens is 218 g/mol. The molecule has 0 saturated carbocycles. The summed E-state index contributed by atoms with van der Waals surface area (Å²) in [6, 6.07) is 9.26. The molecule has 1 amide bonds. The maximum atomic E-state index is 11.4. The molecule has 0 aliphatic rings. The second kappa shape index (κ2) is 7.07. The highest BCUT2D eigenvalue weighted by atomic mass is 16.5. The van der Waals surface area contributed by atoms with E-state index in [2.05, 4.69) is 16.0 Å². The van der Waals surface area contributed by atoms with E-state index in [1.807, 2.05) is 30.3 Å². The topological polar surface area (TPSA) is 55.4 Å². The minimum absolute atomic E-state index is 0.0760. The summed E-state index contributed by atoms with van der Waals surface area (Å²) >= 11 is 0. The highest BCUT2D eigenvalue weighted by Crippen LogP contribution is 1.98. The lowest BCUT2D eigenvalue weighted by atomic mass is 10.1. The van der Waals surface area contributed by atoms with Gasteiger partial charge in [0.2, 0.25) is 5.91 Å². The van der Waals surface area contributed by atoms with Crippen molar-refractivity contribution in [1.82, 2.24) is 5.32 Å². The summed E-state index contributed by atoms with van der Waals surface area (Å²) in [5, 5.41) is 2.46. The summed E-state index contributed by atoms with van der Waals surface area (Å²) in [5.41, 5.74) is 0.891. The SMILES string of the molecule is C#CCOC(=O)CNC(=O)Cc1ccccc1. The van der Waals surface area contributed by atoms with Crippen LogP contribution in [0.3, 0.4) is 0 Å². The number of esters is 1. The predicted octanol–water partition coefficient (Wildman–Crippen LogP) is 0.522. The van der Waals surface area contributed by atoms with Gasteiger partial charge in [-0.15, -0.1) is 6.42 Å². The van der Waals surface area contributed by atoms with Crippen LogP contribution in [0.1, 0.15) is 5.56 Å². The molecule has 0 aromatic heterocycles. The van der Waals surface area contributed by atoms with Gasteiger partial charge in [-0.2, -0.15) is 0 Å². The Morgan fingerprint density at radius 2 is 2.00 bits per heavy atom. The molecular formula is C13H13NO3. The first-order valence-electron chi connectivity index (χ1n) is 5.12. The van der Waals surface area contributed by atoms with Crippen molar-refractivity contribution in [2.75, 3.05) is 13.2 Å². The summed E-state index contributed by atoms with van der Waals surface area (Å²) in [6.45, 7) is -0.235. The zero-order chi connectivity index (χ0) is 12.5. The Morgan fingerprint density at radius 3 is 2.65 bits per heavy atom. The molecule has 0 aliphatic heterocycles. The van der Waals surface area contributed by atoms with Crippen molar-refractivity contribution in [3.05, 3.63) is 35.9 Å². The lowest BCUT2D eigenvalue weighted by Crippen LogP contribution is -2.31. The van der Waals surface area contributed by atoms with Crippen LogP contribution >= 0.6 is 0 Å². The number of terminal acetylenes is 1. The number of benzene rings is 1. The Labute approximate surface area is 100.0 Å². The Morgan fingerprint density at radius 1 is 1.29 bits per heavy atom. The van der Waals surface area contributed by atoms with Gasteiger partial charge in [0.15, 0.2) is 6.61 Å². The molecule has 17 heavy (non-hydrogen) atoms. The Balaban J connectivity index is 2.27. The molecule has 4 nitrogen and oxygen atoms in total. The number of carbonyl (C=O) groups excluding carboxylic acids is 2. The van der Waals surface area contributed by atoms with Gasteiger partial charge in [-0.1, -0.05) is 36.3 Å². The maximum absolute atomic E-state index is 11.4. The van der Waals surface area contributed by atoms with Crippen molar-refractivity contribution in [2.24, 2.45) is 0 Å². The van der Waals surface area contributed by atoms with E-state index in [1.165, 1.54) is 0 Å². The average molecular weight is 231 g/mol. The van der Waals surface area contributed by atoms with Gasteiger partial charge in [0.25, 0.3) is 0 Å². The molecule has 0 fully saturated rings. The maximum Gasteiger partial charge on any atom is 0.326 e. The average Bonchev–Trinajstić information content (AvgIpc) is 2.35. The highest BCUT2D eigenvalue weighted by Gasteiger charge is 2.06. The summed E-state index contributed by atoms with van der Waals surface area (Å²) in [5.74, 6) is 1.40. The third-order valence-corrected chi connectivity index (χ3v) is 1.95. The van der Waals surface area contributed by atoms with E-state index in [-0.39, 0.29) is 25.5 Å². The molecule has 1 rings (SSSR count). The van der Waals surface area contributed by atoms with E-state index >= 15 is 0 Å². The standard InChI is InChI=1S/C13H13NO3/c1-2-8-17-13(16)10-14-12(15)9-11-6-4-3-5-7-11/h1,3-7H,8-10H2,(H,14,15). The van der Waals surface area contributed by atoms with Crippen LogP contribution < -0.4 is 5.32 Å². The van der Waals surface area contributed by atoms with Crippen LogP contribution in [0.4, 0.5) is 0 Å². The molecule has 1 aromatic rings. The van der Waals surface area contributed by atoms with Gasteiger partial charge in [0.05, 0.1) is 6.42 Å². The van der Waals surface area contributed by atoms with Gasteiger partial charge >= 0.3 is 5.97 Å². The monoisotopic (exact) mass is 231 g/mol. The lowest BCUT2D eigenvalue weighted by Gasteiger charge is -2.04. The number of hydrogen-bond acceptors (Lipinski definition) is 3. The third kappa shape index (κ3) is 5.38. The van der Waals surface area contributed by atoms with E-state index in [4.69, 9.17) is 6.42 Å². The first-order chi connectivity index (χ1) is 8.22. The first-order valence-corrected chi connectivity index (χ1v) is 5.12. The number of ether oxygens (including phenoxy) is 1. The van der Waals surface area contributed by atoms with Crippen LogP contribution in [0.5, 0.6) is 0 Å². The molecule has 0 saturated heterocycles. The number of amides is 1. The van der Waals surface area contributed by atoms with Crippen molar-refractivity contribution < 1.29 is 14.3 Å². The van der Waals surface area contributed by atoms with Gasteiger partial charge in [0, 0.05) is 0 Å². The fourth-order valence-electron chi connectivity index (χ4n) is 1.19. The number of nitrogens with one attached hydrogen (secondary N) is 1. The molecule has 4 heteroatoms. The Kier molecular flexibility index (Phi) is 5.32. The molecule has 0 unspecified atom stereocenters.